The molecular formula is C26H39NO4. The molecule has 0 spiro atoms. The average Bonchev–Trinajstić information content (AvgIpc) is 2.72. The molecule has 0 aliphatic heterocycles. The predicted molar refractivity (Wildman–Crippen MR) is 123 cm³/mol. The minimum atomic E-state index is -1.19. The number of rotatable bonds is 10. The second kappa shape index (κ2) is 12.6. The van der Waals surface area contributed by atoms with Gasteiger partial charge < -0.3 is 24.6 Å². The van der Waals surface area contributed by atoms with E-state index in [0.29, 0.717) is 19.3 Å². The Morgan fingerprint density at radius 2 is 1.52 bits per heavy atom. The lowest BCUT2D eigenvalue weighted by Gasteiger charge is -2.34. The largest absolute Gasteiger partial charge is 0.550 e. The monoisotopic (exact) mass is 429 g/mol. The number of aliphatic hydroxyl groups excluding tert-OH is 1. The van der Waals surface area contributed by atoms with Crippen molar-refractivity contribution in [3.05, 3.63) is 71.8 Å². The summed E-state index contributed by atoms with van der Waals surface area (Å²) in [6.45, 7) is 4.00. The van der Waals surface area contributed by atoms with Crippen molar-refractivity contribution in [2.24, 2.45) is 0 Å². The molecule has 0 bridgehead atoms. The van der Waals surface area contributed by atoms with Crippen molar-refractivity contribution in [1.82, 2.24) is 0 Å². The lowest BCUT2D eigenvalue weighted by atomic mass is 9.87. The van der Waals surface area contributed by atoms with Gasteiger partial charge in [-0.15, -0.1) is 0 Å². The second-order valence-electron chi connectivity index (χ2n) is 9.22. The first-order chi connectivity index (χ1) is 14.5. The summed E-state index contributed by atoms with van der Waals surface area (Å²) < 4.78 is 0.760. The lowest BCUT2D eigenvalue weighted by molar-refractivity contribution is -0.898. The highest BCUT2D eigenvalue weighted by Gasteiger charge is 2.27. The number of quaternary nitrogens is 1. The van der Waals surface area contributed by atoms with Crippen molar-refractivity contribution in [2.75, 3.05) is 21.1 Å². The van der Waals surface area contributed by atoms with Crippen molar-refractivity contribution in [2.45, 2.75) is 63.7 Å². The van der Waals surface area contributed by atoms with Gasteiger partial charge in [-0.2, -0.15) is 0 Å². The van der Waals surface area contributed by atoms with E-state index in [0.717, 1.165) is 22.0 Å². The molecule has 0 saturated heterocycles. The Bertz CT molecular complexity index is 758. The van der Waals surface area contributed by atoms with Crippen LogP contribution in [0.25, 0.3) is 0 Å². The van der Waals surface area contributed by atoms with Gasteiger partial charge in [0.15, 0.2) is 0 Å². The fourth-order valence-electron chi connectivity index (χ4n) is 3.41. The number of carbonyl (C=O) groups is 1. The molecule has 0 fully saturated rings. The summed E-state index contributed by atoms with van der Waals surface area (Å²) in [6, 6.07) is 19.8. The molecule has 0 aromatic heterocycles. The van der Waals surface area contributed by atoms with E-state index in [2.05, 4.69) is 28.1 Å². The minimum absolute atomic E-state index is 0.192. The molecule has 0 saturated carbocycles. The average molecular weight is 430 g/mol. The van der Waals surface area contributed by atoms with Crippen molar-refractivity contribution >= 4 is 5.97 Å². The molecule has 2 rings (SSSR count). The zero-order valence-electron chi connectivity index (χ0n) is 19.6. The van der Waals surface area contributed by atoms with E-state index in [1.807, 2.05) is 67.6 Å². The summed E-state index contributed by atoms with van der Waals surface area (Å²) >= 11 is 0. The Balaban J connectivity index is 0.000000316. The van der Waals surface area contributed by atoms with Crippen molar-refractivity contribution in [3.8, 4) is 0 Å². The molecule has 0 radical (unpaired) electrons. The van der Waals surface area contributed by atoms with E-state index in [9.17, 15) is 20.1 Å². The van der Waals surface area contributed by atoms with Crippen molar-refractivity contribution in [1.29, 1.82) is 0 Å². The number of aryl methyl sites for hydroxylation is 1. The zero-order valence-corrected chi connectivity index (χ0v) is 19.6. The standard InChI is InChI=1S/C14H20O3.C12H20NO/c1-2-9-14(17,11-13(15)16)10-8-12-6-4-3-5-7-12;1-10(13(2,3)4)12(14)11-8-6-5-7-9-11/h3-7,17H,2,8-11H2,1H3,(H,15,16);5-10,12,14H,1-4H3/q;+1/p-1/t14-;10-,12-/m10/s1. The van der Waals surface area contributed by atoms with Gasteiger partial charge in [0.05, 0.1) is 26.7 Å². The Hall–Kier alpha value is -2.21. The molecule has 2 aromatic rings. The molecule has 0 aliphatic carbocycles. The summed E-state index contributed by atoms with van der Waals surface area (Å²) in [6.07, 6.45) is 1.72. The lowest BCUT2D eigenvalue weighted by Crippen LogP contribution is -2.46. The van der Waals surface area contributed by atoms with Crippen LogP contribution in [0.4, 0.5) is 0 Å². The molecule has 3 atom stereocenters. The first kappa shape index (κ1) is 26.8. The van der Waals surface area contributed by atoms with Gasteiger partial charge in [0.1, 0.15) is 12.1 Å². The highest BCUT2D eigenvalue weighted by molar-refractivity contribution is 5.65. The maximum absolute atomic E-state index is 10.6. The third kappa shape index (κ3) is 10.1. The number of hydrogen-bond acceptors (Lipinski definition) is 4. The smallest absolute Gasteiger partial charge is 0.130 e. The Morgan fingerprint density at radius 1 is 1.00 bits per heavy atom. The maximum atomic E-state index is 10.6. The molecule has 0 unspecified atom stereocenters. The second-order valence-corrected chi connectivity index (χ2v) is 9.22. The number of carboxylic acids is 1. The van der Waals surface area contributed by atoms with Crippen LogP contribution < -0.4 is 5.11 Å². The number of hydrogen-bond donors (Lipinski definition) is 2. The molecule has 5 nitrogen and oxygen atoms in total. The third-order valence-corrected chi connectivity index (χ3v) is 5.73. The van der Waals surface area contributed by atoms with Gasteiger partial charge >= 0.3 is 0 Å². The van der Waals surface area contributed by atoms with Gasteiger partial charge in [0.25, 0.3) is 0 Å². The fraction of sp³-hybridized carbons (Fsp3) is 0.500. The van der Waals surface area contributed by atoms with E-state index < -0.39 is 17.7 Å². The molecule has 0 aliphatic rings. The number of aliphatic carboxylic acids is 1. The SMILES string of the molecule is CCC[C@@](O)(CCc1ccccc1)CC(=O)[O-].C[C@@H]([C@H](O)c1ccccc1)[N+](C)(C)C. The zero-order chi connectivity index (χ0) is 23.5. The van der Waals surface area contributed by atoms with Crippen LogP contribution in [0.15, 0.2) is 60.7 Å². The van der Waals surface area contributed by atoms with E-state index in [4.69, 9.17) is 0 Å². The number of carboxylic acid groups (broad SMARTS) is 1. The third-order valence-electron chi connectivity index (χ3n) is 5.73. The first-order valence-electron chi connectivity index (χ1n) is 11.0. The highest BCUT2D eigenvalue weighted by atomic mass is 16.4. The van der Waals surface area contributed by atoms with Crippen LogP contribution in [0.2, 0.25) is 0 Å². The van der Waals surface area contributed by atoms with Gasteiger partial charge in [-0.1, -0.05) is 74.0 Å². The number of benzene rings is 2. The van der Waals surface area contributed by atoms with Gasteiger partial charge in [-0.25, -0.2) is 0 Å². The van der Waals surface area contributed by atoms with Crippen LogP contribution in [0.5, 0.6) is 0 Å². The van der Waals surface area contributed by atoms with Crippen LogP contribution in [0.1, 0.15) is 56.8 Å². The quantitative estimate of drug-likeness (QED) is 0.569. The highest BCUT2D eigenvalue weighted by Crippen LogP contribution is 2.24. The van der Waals surface area contributed by atoms with Gasteiger partial charge in [-0.05, 0) is 37.3 Å². The van der Waals surface area contributed by atoms with Gasteiger partial charge in [-0.3, -0.25) is 0 Å². The van der Waals surface area contributed by atoms with Crippen molar-refractivity contribution in [3.63, 3.8) is 0 Å². The van der Waals surface area contributed by atoms with Crippen LogP contribution in [0, 0.1) is 0 Å². The molecule has 31 heavy (non-hydrogen) atoms. The topological polar surface area (TPSA) is 80.6 Å². The summed E-state index contributed by atoms with van der Waals surface area (Å²) in [7, 11) is 6.28. The summed E-state index contributed by atoms with van der Waals surface area (Å²) in [5.41, 5.74) is 0.970. The van der Waals surface area contributed by atoms with E-state index in [-0.39, 0.29) is 12.5 Å². The van der Waals surface area contributed by atoms with Gasteiger partial charge in [0, 0.05) is 12.4 Å². The molecule has 0 amide bonds. The normalized spacial score (nSPS) is 15.2. The number of nitrogens with zero attached hydrogens (tertiary/aromatic N) is 1. The fourth-order valence-corrected chi connectivity index (χ4v) is 3.41. The van der Waals surface area contributed by atoms with Crippen LogP contribution in [0.3, 0.4) is 0 Å². The first-order valence-corrected chi connectivity index (χ1v) is 11.0. The predicted octanol–water partition coefficient (Wildman–Crippen LogP) is 3.11. The summed E-state index contributed by atoms with van der Waals surface area (Å²) in [4.78, 5) is 10.6. The van der Waals surface area contributed by atoms with Crippen LogP contribution in [-0.4, -0.2) is 53.5 Å². The molecule has 5 heteroatoms. The van der Waals surface area contributed by atoms with Crippen molar-refractivity contribution < 1.29 is 24.6 Å². The minimum Gasteiger partial charge on any atom is -0.550 e. The number of likely N-dealkylation sites (N-methyl/N-ethyl adjacent to an activating group) is 1. The number of aliphatic hydroxyl groups is 2. The Labute approximate surface area is 187 Å². The van der Waals surface area contributed by atoms with E-state index in [1.54, 1.807) is 0 Å². The molecule has 2 N–H and O–H groups in total. The molecule has 172 valence electrons. The summed E-state index contributed by atoms with van der Waals surface area (Å²) in [5.74, 6) is -1.19. The van der Waals surface area contributed by atoms with Gasteiger partial charge in [0.2, 0.25) is 0 Å². The molecule has 0 heterocycles. The summed E-state index contributed by atoms with van der Waals surface area (Å²) in [5, 5.41) is 31.0. The van der Waals surface area contributed by atoms with Crippen LogP contribution >= 0.6 is 0 Å². The maximum Gasteiger partial charge on any atom is 0.130 e. The molecular weight excluding hydrogens is 390 g/mol. The Kier molecular flexibility index (Phi) is 10.9. The van der Waals surface area contributed by atoms with Crippen LogP contribution in [-0.2, 0) is 11.2 Å². The Morgan fingerprint density at radius 3 is 1.97 bits per heavy atom. The van der Waals surface area contributed by atoms with E-state index in [1.165, 1.54) is 0 Å². The number of carbonyl (C=O) groups excluding carboxylic acids is 1. The van der Waals surface area contributed by atoms with E-state index >= 15 is 0 Å². The molecule has 2 aromatic carbocycles.